The van der Waals surface area contributed by atoms with Crippen molar-refractivity contribution in [2.24, 2.45) is 11.3 Å². The number of rotatable bonds is 5. The van der Waals surface area contributed by atoms with Crippen LogP contribution in [-0.4, -0.2) is 18.5 Å². The van der Waals surface area contributed by atoms with Gasteiger partial charge in [0.2, 0.25) is 0 Å². The fourth-order valence-electron chi connectivity index (χ4n) is 1.48. The molecule has 0 N–H and O–H groups in total. The van der Waals surface area contributed by atoms with Crippen molar-refractivity contribution >= 4 is 17.6 Å². The first-order valence-electron chi connectivity index (χ1n) is 4.59. The highest BCUT2D eigenvalue weighted by atomic mass is 35.5. The first kappa shape index (κ1) is 12.8. The Morgan fingerprint density at radius 3 is 2.38 bits per heavy atom. The number of alkyl halides is 1. The number of hydrogen-bond acceptors (Lipinski definition) is 2. The lowest BCUT2D eigenvalue weighted by Crippen LogP contribution is -2.24. The summed E-state index contributed by atoms with van der Waals surface area (Å²) in [5.74, 6) is 0.223. The minimum atomic E-state index is -0.335. The van der Waals surface area contributed by atoms with Crippen molar-refractivity contribution < 1.29 is 9.53 Å². The zero-order chi connectivity index (χ0) is 10.5. The highest BCUT2D eigenvalue weighted by Gasteiger charge is 2.21. The third-order valence-corrected chi connectivity index (χ3v) is 1.91. The first-order valence-corrected chi connectivity index (χ1v) is 5.12. The van der Waals surface area contributed by atoms with Crippen molar-refractivity contribution in [2.75, 3.05) is 12.5 Å². The molecule has 78 valence electrons. The van der Waals surface area contributed by atoms with Gasteiger partial charge in [-0.15, -0.1) is 11.6 Å². The molecule has 0 aromatic carbocycles. The van der Waals surface area contributed by atoms with Crippen molar-refractivity contribution in [3.8, 4) is 0 Å². The second-order valence-electron chi connectivity index (χ2n) is 4.56. The number of esters is 1. The van der Waals surface area contributed by atoms with Crippen molar-refractivity contribution in [2.45, 2.75) is 34.1 Å². The Balaban J connectivity index is 3.81. The maximum atomic E-state index is 10.8. The first-order chi connectivity index (χ1) is 5.87. The number of carbonyl (C=O) groups is 1. The molecule has 0 atom stereocenters. The summed E-state index contributed by atoms with van der Waals surface area (Å²) >= 11 is 5.31. The minimum Gasteiger partial charge on any atom is -0.464 e. The Kier molecular flexibility index (Phi) is 5.38. The van der Waals surface area contributed by atoms with Crippen molar-refractivity contribution in [3.63, 3.8) is 0 Å². The van der Waals surface area contributed by atoms with Crippen LogP contribution in [0.3, 0.4) is 0 Å². The molecule has 0 amide bonds. The molecule has 13 heavy (non-hydrogen) atoms. The zero-order valence-electron chi connectivity index (χ0n) is 8.89. The Morgan fingerprint density at radius 1 is 1.46 bits per heavy atom. The third kappa shape index (κ3) is 6.88. The Hall–Kier alpha value is -0.240. The lowest BCUT2D eigenvalue weighted by molar-refractivity contribution is -0.143. The fourth-order valence-corrected chi connectivity index (χ4v) is 1.56. The van der Waals surface area contributed by atoms with Gasteiger partial charge in [-0.05, 0) is 17.8 Å². The number of carbonyl (C=O) groups excluding carboxylic acids is 1. The van der Waals surface area contributed by atoms with E-state index in [1.807, 2.05) is 0 Å². The van der Waals surface area contributed by atoms with E-state index in [0.29, 0.717) is 12.5 Å². The monoisotopic (exact) mass is 206 g/mol. The second kappa shape index (κ2) is 5.48. The molecule has 0 aliphatic carbocycles. The molecule has 0 rings (SSSR count). The van der Waals surface area contributed by atoms with E-state index >= 15 is 0 Å². The van der Waals surface area contributed by atoms with Gasteiger partial charge in [-0.2, -0.15) is 0 Å². The lowest BCUT2D eigenvalue weighted by atomic mass is 9.85. The fraction of sp³-hybridized carbons (Fsp3) is 0.900. The summed E-state index contributed by atoms with van der Waals surface area (Å²) in [6.45, 7) is 8.95. The van der Waals surface area contributed by atoms with Gasteiger partial charge < -0.3 is 4.74 Å². The summed E-state index contributed by atoms with van der Waals surface area (Å²) in [5, 5.41) is 0. The molecular formula is C10H19ClO2. The third-order valence-electron chi connectivity index (χ3n) is 1.69. The lowest BCUT2D eigenvalue weighted by Gasteiger charge is -2.25. The molecule has 0 aromatic rings. The summed E-state index contributed by atoms with van der Waals surface area (Å²) in [6.07, 6.45) is 1.04. The molecular weight excluding hydrogens is 188 g/mol. The number of hydrogen-bond donors (Lipinski definition) is 0. The molecule has 0 aliphatic rings. The highest BCUT2D eigenvalue weighted by Crippen LogP contribution is 2.25. The molecule has 0 bridgehead atoms. The Bertz CT molecular complexity index is 164. The SMILES string of the molecule is CC(C)CC(C)(C)COC(=O)CCl. The van der Waals surface area contributed by atoms with E-state index in [1.165, 1.54) is 0 Å². The van der Waals surface area contributed by atoms with Crippen LogP contribution < -0.4 is 0 Å². The van der Waals surface area contributed by atoms with Gasteiger partial charge in [-0.3, -0.25) is 4.79 Å². The van der Waals surface area contributed by atoms with Crippen molar-refractivity contribution in [1.82, 2.24) is 0 Å². The Morgan fingerprint density at radius 2 is 2.00 bits per heavy atom. The standard InChI is InChI=1S/C10H19ClO2/c1-8(2)5-10(3,4)7-13-9(12)6-11/h8H,5-7H2,1-4H3. The predicted molar refractivity (Wildman–Crippen MR) is 54.9 cm³/mol. The van der Waals surface area contributed by atoms with Gasteiger partial charge in [-0.25, -0.2) is 0 Å². The smallest absolute Gasteiger partial charge is 0.320 e. The summed E-state index contributed by atoms with van der Waals surface area (Å²) < 4.78 is 4.99. The summed E-state index contributed by atoms with van der Waals surface area (Å²) in [5.41, 5.74) is 0.0515. The van der Waals surface area contributed by atoms with Crippen LogP contribution >= 0.6 is 11.6 Å². The summed E-state index contributed by atoms with van der Waals surface area (Å²) in [7, 11) is 0. The zero-order valence-corrected chi connectivity index (χ0v) is 9.65. The maximum absolute atomic E-state index is 10.8. The quantitative estimate of drug-likeness (QED) is 0.511. The average molecular weight is 207 g/mol. The topological polar surface area (TPSA) is 26.3 Å². The van der Waals surface area contributed by atoms with E-state index in [9.17, 15) is 4.79 Å². The molecule has 0 fully saturated rings. The van der Waals surface area contributed by atoms with Crippen molar-refractivity contribution in [3.05, 3.63) is 0 Å². The average Bonchev–Trinajstić information content (AvgIpc) is 1.98. The van der Waals surface area contributed by atoms with Crippen LogP contribution in [0.15, 0.2) is 0 Å². The van der Waals surface area contributed by atoms with Gasteiger partial charge in [0, 0.05) is 0 Å². The molecule has 0 saturated carbocycles. The molecule has 2 nitrogen and oxygen atoms in total. The van der Waals surface area contributed by atoms with E-state index in [0.717, 1.165) is 6.42 Å². The maximum Gasteiger partial charge on any atom is 0.320 e. The van der Waals surface area contributed by atoms with Crippen LogP contribution in [0.25, 0.3) is 0 Å². The molecule has 0 radical (unpaired) electrons. The summed E-state index contributed by atoms with van der Waals surface area (Å²) in [4.78, 5) is 10.8. The molecule has 0 saturated heterocycles. The van der Waals surface area contributed by atoms with Crippen LogP contribution in [0.4, 0.5) is 0 Å². The predicted octanol–water partition coefficient (Wildman–Crippen LogP) is 2.84. The molecule has 0 aromatic heterocycles. The van der Waals surface area contributed by atoms with Gasteiger partial charge in [0.05, 0.1) is 6.61 Å². The Labute approximate surface area is 85.6 Å². The summed E-state index contributed by atoms with van der Waals surface area (Å²) in [6, 6.07) is 0. The van der Waals surface area contributed by atoms with Gasteiger partial charge in [0.15, 0.2) is 0 Å². The van der Waals surface area contributed by atoms with E-state index < -0.39 is 0 Å². The van der Waals surface area contributed by atoms with Gasteiger partial charge >= 0.3 is 5.97 Å². The molecule has 0 unspecified atom stereocenters. The van der Waals surface area contributed by atoms with Crippen molar-refractivity contribution in [1.29, 1.82) is 0 Å². The van der Waals surface area contributed by atoms with E-state index in [-0.39, 0.29) is 17.3 Å². The van der Waals surface area contributed by atoms with E-state index in [1.54, 1.807) is 0 Å². The largest absolute Gasteiger partial charge is 0.464 e. The molecule has 0 heterocycles. The van der Waals surface area contributed by atoms with Crippen LogP contribution in [0.1, 0.15) is 34.1 Å². The molecule has 0 aliphatic heterocycles. The van der Waals surface area contributed by atoms with E-state index in [4.69, 9.17) is 16.3 Å². The molecule has 0 spiro atoms. The second-order valence-corrected chi connectivity index (χ2v) is 4.82. The van der Waals surface area contributed by atoms with Crippen LogP contribution in [-0.2, 0) is 9.53 Å². The molecule has 3 heteroatoms. The van der Waals surface area contributed by atoms with Gasteiger partial charge in [-0.1, -0.05) is 27.7 Å². The minimum absolute atomic E-state index is 0.0515. The van der Waals surface area contributed by atoms with Crippen LogP contribution in [0, 0.1) is 11.3 Å². The highest BCUT2D eigenvalue weighted by molar-refractivity contribution is 6.26. The van der Waals surface area contributed by atoms with Gasteiger partial charge in [0.1, 0.15) is 5.88 Å². The normalized spacial score (nSPS) is 11.8. The van der Waals surface area contributed by atoms with Gasteiger partial charge in [0.25, 0.3) is 0 Å². The number of halogens is 1. The number of ether oxygens (including phenoxy) is 1. The van der Waals surface area contributed by atoms with Crippen LogP contribution in [0.2, 0.25) is 0 Å². The van der Waals surface area contributed by atoms with Crippen LogP contribution in [0.5, 0.6) is 0 Å². The van der Waals surface area contributed by atoms with E-state index in [2.05, 4.69) is 27.7 Å².